The molecule has 0 spiro atoms. The van der Waals surface area contributed by atoms with Crippen LogP contribution in [0, 0.1) is 0 Å². The van der Waals surface area contributed by atoms with Crippen molar-refractivity contribution in [3.05, 3.63) is 54.6 Å². The molecule has 3 aromatic carbocycles. The van der Waals surface area contributed by atoms with Gasteiger partial charge in [-0.2, -0.15) is 0 Å². The van der Waals surface area contributed by atoms with Crippen molar-refractivity contribution in [1.29, 1.82) is 0 Å². The van der Waals surface area contributed by atoms with Crippen LogP contribution in [0.1, 0.15) is 20.8 Å². The van der Waals surface area contributed by atoms with E-state index in [2.05, 4.69) is 45.6 Å². The summed E-state index contributed by atoms with van der Waals surface area (Å²) in [6, 6.07) is 18.2. The molecule has 0 saturated carbocycles. The minimum Gasteiger partial charge on any atom is -0.496 e. The third-order valence-corrected chi connectivity index (χ3v) is 8.94. The molecule has 0 bridgehead atoms. The van der Waals surface area contributed by atoms with E-state index in [0.29, 0.717) is 0 Å². The smallest absolute Gasteiger partial charge is 0.130 e. The summed E-state index contributed by atoms with van der Waals surface area (Å²) in [5, 5.41) is 1.34. The third-order valence-electron chi connectivity index (χ3n) is 5.77. The first-order valence-corrected chi connectivity index (χ1v) is 12.4. The van der Waals surface area contributed by atoms with Gasteiger partial charge in [-0.05, 0) is 52.5 Å². The lowest BCUT2D eigenvalue weighted by Gasteiger charge is -2.33. The second kappa shape index (κ2) is 9.83. The van der Waals surface area contributed by atoms with Crippen LogP contribution in [0.3, 0.4) is 0 Å². The van der Waals surface area contributed by atoms with Gasteiger partial charge in [-0.15, -0.1) is 0 Å². The Hall–Kier alpha value is -2.71. The number of hydrogen-bond donors (Lipinski definition) is 0. The second-order valence-corrected chi connectivity index (χ2v) is 11.4. The zero-order valence-corrected chi connectivity index (χ0v) is 21.2. The molecule has 0 aliphatic rings. The lowest BCUT2D eigenvalue weighted by molar-refractivity contribution is 0.397. The Bertz CT molecular complexity index is 967. The van der Waals surface area contributed by atoms with Crippen molar-refractivity contribution in [3.63, 3.8) is 0 Å². The summed E-state index contributed by atoms with van der Waals surface area (Å²) >= 11 is 0. The number of methoxy groups -OCH3 is 4. The maximum atomic E-state index is 5.78. The molecule has 0 amide bonds. The summed E-state index contributed by atoms with van der Waals surface area (Å²) in [4.78, 5) is 0. The van der Waals surface area contributed by atoms with Gasteiger partial charge in [-0.25, -0.2) is 0 Å². The minimum atomic E-state index is -0.597. The SMILES string of the molecule is COc1cccc(OC)c1-c1cccc(-c2c(OC)cccc2OC)c1P(C)C(C)(C)C. The fourth-order valence-corrected chi connectivity index (χ4v) is 5.64. The van der Waals surface area contributed by atoms with Gasteiger partial charge in [0.25, 0.3) is 0 Å². The van der Waals surface area contributed by atoms with Crippen molar-refractivity contribution in [3.8, 4) is 45.3 Å². The maximum Gasteiger partial charge on any atom is 0.130 e. The molecule has 0 heterocycles. The van der Waals surface area contributed by atoms with Crippen LogP contribution in [-0.2, 0) is 0 Å². The average molecular weight is 453 g/mol. The summed E-state index contributed by atoms with van der Waals surface area (Å²) in [7, 11) is 6.19. The summed E-state index contributed by atoms with van der Waals surface area (Å²) in [6.45, 7) is 9.20. The highest BCUT2D eigenvalue weighted by atomic mass is 31.1. The first-order valence-electron chi connectivity index (χ1n) is 10.6. The van der Waals surface area contributed by atoms with Gasteiger partial charge in [0.05, 0.1) is 39.6 Å². The van der Waals surface area contributed by atoms with E-state index < -0.39 is 7.92 Å². The van der Waals surface area contributed by atoms with E-state index in [1.165, 1.54) is 5.30 Å². The molecule has 0 aromatic heterocycles. The van der Waals surface area contributed by atoms with E-state index in [4.69, 9.17) is 18.9 Å². The molecule has 4 nitrogen and oxygen atoms in total. The Balaban J connectivity index is 2.48. The van der Waals surface area contributed by atoms with Crippen LogP contribution in [-0.4, -0.2) is 40.3 Å². The van der Waals surface area contributed by atoms with Gasteiger partial charge in [0.15, 0.2) is 0 Å². The third kappa shape index (κ3) is 4.42. The zero-order chi connectivity index (χ0) is 23.5. The Morgan fingerprint density at radius 1 is 0.562 bits per heavy atom. The number of hydrogen-bond acceptors (Lipinski definition) is 4. The molecular weight excluding hydrogens is 419 g/mol. The van der Waals surface area contributed by atoms with Gasteiger partial charge in [0, 0.05) is 0 Å². The predicted molar refractivity (Wildman–Crippen MR) is 136 cm³/mol. The van der Waals surface area contributed by atoms with Crippen molar-refractivity contribution in [1.82, 2.24) is 0 Å². The minimum absolute atomic E-state index is 0.0741. The van der Waals surface area contributed by atoms with Gasteiger partial charge in [-0.1, -0.05) is 59.0 Å². The molecule has 0 aliphatic carbocycles. The molecule has 0 saturated heterocycles. The van der Waals surface area contributed by atoms with Crippen molar-refractivity contribution >= 4 is 13.2 Å². The molecule has 5 heteroatoms. The van der Waals surface area contributed by atoms with Crippen LogP contribution >= 0.6 is 7.92 Å². The summed E-state index contributed by atoms with van der Waals surface area (Å²) in [5.41, 5.74) is 4.13. The maximum absolute atomic E-state index is 5.78. The Morgan fingerprint density at radius 2 is 0.875 bits per heavy atom. The first-order chi connectivity index (χ1) is 15.3. The van der Waals surface area contributed by atoms with Crippen molar-refractivity contribution in [2.24, 2.45) is 0 Å². The molecule has 1 atom stereocenters. The van der Waals surface area contributed by atoms with Gasteiger partial charge in [0.2, 0.25) is 0 Å². The van der Waals surface area contributed by atoms with E-state index in [0.717, 1.165) is 45.3 Å². The first kappa shape index (κ1) is 23.9. The topological polar surface area (TPSA) is 36.9 Å². The fourth-order valence-electron chi connectivity index (χ4n) is 3.88. The van der Waals surface area contributed by atoms with E-state index >= 15 is 0 Å². The Kier molecular flexibility index (Phi) is 7.36. The molecule has 3 aromatic rings. The fraction of sp³-hybridized carbons (Fsp3) is 0.333. The number of rotatable bonds is 7. The van der Waals surface area contributed by atoms with Gasteiger partial charge < -0.3 is 18.9 Å². The molecule has 0 radical (unpaired) electrons. The van der Waals surface area contributed by atoms with E-state index in [9.17, 15) is 0 Å². The number of ether oxygens (including phenoxy) is 4. The van der Waals surface area contributed by atoms with Gasteiger partial charge in [0.1, 0.15) is 23.0 Å². The molecule has 1 unspecified atom stereocenters. The molecule has 32 heavy (non-hydrogen) atoms. The summed E-state index contributed by atoms with van der Waals surface area (Å²) in [5.74, 6) is 3.14. The molecule has 170 valence electrons. The highest BCUT2D eigenvalue weighted by Crippen LogP contribution is 2.53. The standard InChI is InChI=1S/C27H33O4P/c1-27(2,3)32(8)26-18(24-20(28-4)14-10-15-21(24)29-5)12-9-13-19(26)25-22(30-6)16-11-17-23(25)31-7/h9-17H,1-8H3. The van der Waals surface area contributed by atoms with Crippen molar-refractivity contribution in [2.45, 2.75) is 25.9 Å². The van der Waals surface area contributed by atoms with Crippen molar-refractivity contribution in [2.75, 3.05) is 35.1 Å². The van der Waals surface area contributed by atoms with Crippen LogP contribution in [0.15, 0.2) is 54.6 Å². The molecule has 0 aliphatic heterocycles. The van der Waals surface area contributed by atoms with E-state index in [-0.39, 0.29) is 5.16 Å². The van der Waals surface area contributed by atoms with Gasteiger partial charge in [-0.3, -0.25) is 0 Å². The van der Waals surface area contributed by atoms with Crippen LogP contribution in [0.4, 0.5) is 0 Å². The summed E-state index contributed by atoms with van der Waals surface area (Å²) < 4.78 is 23.1. The van der Waals surface area contributed by atoms with Crippen LogP contribution in [0.5, 0.6) is 23.0 Å². The normalized spacial score (nSPS) is 12.2. The largest absolute Gasteiger partial charge is 0.496 e. The lowest BCUT2D eigenvalue weighted by Crippen LogP contribution is -2.22. The van der Waals surface area contributed by atoms with Crippen LogP contribution < -0.4 is 24.3 Å². The quantitative estimate of drug-likeness (QED) is 0.379. The monoisotopic (exact) mass is 452 g/mol. The Labute approximate surface area is 193 Å². The molecule has 0 N–H and O–H groups in total. The highest BCUT2D eigenvalue weighted by molar-refractivity contribution is 7.67. The molecule has 0 fully saturated rings. The number of benzene rings is 3. The molecular formula is C27H33O4P. The molecule has 3 rings (SSSR count). The summed E-state index contributed by atoms with van der Waals surface area (Å²) in [6.07, 6.45) is 0. The van der Waals surface area contributed by atoms with E-state index in [1.54, 1.807) is 28.4 Å². The second-order valence-electron chi connectivity index (χ2n) is 8.51. The van der Waals surface area contributed by atoms with Gasteiger partial charge >= 0.3 is 0 Å². The Morgan fingerprint density at radius 3 is 1.16 bits per heavy atom. The van der Waals surface area contributed by atoms with Crippen molar-refractivity contribution < 1.29 is 18.9 Å². The lowest BCUT2D eigenvalue weighted by atomic mass is 9.96. The van der Waals surface area contributed by atoms with E-state index in [1.807, 2.05) is 36.4 Å². The van der Waals surface area contributed by atoms with Crippen LogP contribution in [0.2, 0.25) is 0 Å². The zero-order valence-electron chi connectivity index (χ0n) is 20.3. The predicted octanol–water partition coefficient (Wildman–Crippen LogP) is 6.59. The average Bonchev–Trinajstić information content (AvgIpc) is 2.81. The highest BCUT2D eigenvalue weighted by Gasteiger charge is 2.30. The van der Waals surface area contributed by atoms with Crippen LogP contribution in [0.25, 0.3) is 22.3 Å².